The molecule has 3 aromatic rings. The molecule has 20 heteroatoms. The minimum Gasteiger partial charge on any atom is -0.489 e. The smallest absolute Gasteiger partial charge is 0.418 e. The van der Waals surface area contributed by atoms with E-state index in [-0.39, 0.29) is 10.8 Å². The monoisotopic (exact) mass is 692 g/mol. The molecule has 2 amide bonds. The number of hydrogen-bond donors (Lipinski definition) is 6. The number of aliphatic carboxylic acids is 1. The summed E-state index contributed by atoms with van der Waals surface area (Å²) in [6.07, 6.45) is 1.93. The number of anilines is 2. The second kappa shape index (κ2) is 13.6. The minimum absolute atomic E-state index is 0.0620. The van der Waals surface area contributed by atoms with Gasteiger partial charge >= 0.3 is 16.4 Å². The fraction of sp³-hybridized carbons (Fsp3) is 0.407. The lowest BCUT2D eigenvalue weighted by Gasteiger charge is -2.50. The van der Waals surface area contributed by atoms with E-state index in [1.165, 1.54) is 19.2 Å². The van der Waals surface area contributed by atoms with Crippen LogP contribution in [0.1, 0.15) is 32.4 Å². The third-order valence-electron chi connectivity index (χ3n) is 7.46. The summed E-state index contributed by atoms with van der Waals surface area (Å²) in [5.41, 5.74) is 3.68. The molecule has 252 valence electrons. The molecule has 2 fully saturated rings. The van der Waals surface area contributed by atoms with Crippen LogP contribution in [-0.4, -0.2) is 100 Å². The minimum atomic E-state index is -5.02. The molecule has 2 saturated heterocycles. The number of carbonyl (C=O) groups excluding carboxylic acids is 2. The Morgan fingerprint density at radius 2 is 2.02 bits per heavy atom. The number of nitrogen functional groups attached to an aromatic ring is 1. The number of benzene rings is 1. The van der Waals surface area contributed by atoms with E-state index >= 15 is 0 Å². The molecule has 2 atom stereocenters. The van der Waals surface area contributed by atoms with Gasteiger partial charge in [0.2, 0.25) is 0 Å². The summed E-state index contributed by atoms with van der Waals surface area (Å²) < 4.78 is 41.2. The summed E-state index contributed by atoms with van der Waals surface area (Å²) in [5.74, 6) is -2.37. The summed E-state index contributed by atoms with van der Waals surface area (Å²) in [5, 5.41) is 26.2. The van der Waals surface area contributed by atoms with Gasteiger partial charge in [0, 0.05) is 23.0 Å². The number of ether oxygens (including phenoxy) is 1. The average Bonchev–Trinajstić information content (AvgIpc) is 3.45. The highest BCUT2D eigenvalue weighted by Gasteiger charge is 2.58. The van der Waals surface area contributed by atoms with Gasteiger partial charge in [-0.2, -0.15) is 13.5 Å². The highest BCUT2D eigenvalue weighted by Crippen LogP contribution is 2.33. The molecule has 0 spiro atoms. The molecule has 47 heavy (non-hydrogen) atoms. The molecule has 5 rings (SSSR count). The lowest BCUT2D eigenvalue weighted by molar-refractivity contribution is -0.218. The summed E-state index contributed by atoms with van der Waals surface area (Å²) in [7, 11) is -5.02. The number of piperidine rings is 1. The van der Waals surface area contributed by atoms with Gasteiger partial charge < -0.3 is 36.4 Å². The number of nitrogens with zero attached hydrogens (tertiary/aromatic N) is 4. The first kappa shape index (κ1) is 33.7. The maximum Gasteiger partial charge on any atom is 0.418 e. The fourth-order valence-electron chi connectivity index (χ4n) is 4.98. The zero-order valence-electron chi connectivity index (χ0n) is 25.1. The number of pyridine rings is 1. The molecule has 18 nitrogen and oxygen atoms in total. The Labute approximate surface area is 272 Å². The summed E-state index contributed by atoms with van der Waals surface area (Å²) in [6, 6.07) is 5.99. The number of hydrogen-bond acceptors (Lipinski definition) is 15. The van der Waals surface area contributed by atoms with Crippen molar-refractivity contribution in [1.82, 2.24) is 25.7 Å². The number of carboxylic acid groups (broad SMARTS) is 1. The van der Waals surface area contributed by atoms with Crippen LogP contribution >= 0.6 is 11.3 Å². The first-order chi connectivity index (χ1) is 22.2. The van der Waals surface area contributed by atoms with Crippen molar-refractivity contribution in [3.63, 3.8) is 0 Å². The fourth-order valence-corrected chi connectivity index (χ4v) is 5.98. The SMILES string of the molecule is CC1(C)C(NC(=O)/C(=N\O[C@@H](COc2ccc3c(NC4CCNCC4)nccc3c2)C(=O)O)c2csc(N)n2)C(=O)N1OS(=O)(=O)O. The van der Waals surface area contributed by atoms with Gasteiger partial charge in [-0.3, -0.25) is 14.1 Å². The number of rotatable bonds is 13. The molecule has 0 radical (unpaired) electrons. The zero-order chi connectivity index (χ0) is 33.9. The number of aromatic nitrogens is 2. The Morgan fingerprint density at radius 1 is 1.28 bits per heavy atom. The number of carboxylic acids is 1. The van der Waals surface area contributed by atoms with E-state index in [1.54, 1.807) is 24.4 Å². The van der Waals surface area contributed by atoms with Crippen molar-refractivity contribution in [2.45, 2.75) is 50.4 Å². The van der Waals surface area contributed by atoms with Crippen molar-refractivity contribution in [1.29, 1.82) is 0 Å². The standard InChI is InChI=1S/C27H32N8O10S2/c1-27(2)21(24(37)35(27)45-47(40,41)42)33-23(36)20(18-13-46-26(28)32-18)34-44-19(25(38)39)12-43-16-3-4-17-14(11-16)5-10-30-22(17)31-15-6-8-29-9-7-15/h3-5,10-11,13,15,19,21,29H,6-9,12H2,1-2H3,(H2,28,32)(H,30,31)(H,33,36)(H,38,39)(H,40,41,42)/b34-20-/t19-,21?/m0/s1. The molecule has 2 aliphatic heterocycles. The number of oxime groups is 1. The number of thiazole rings is 1. The number of β-lactam (4-membered cyclic amide) rings is 1. The van der Waals surface area contributed by atoms with Crippen LogP contribution in [0.3, 0.4) is 0 Å². The Hall–Kier alpha value is -4.63. The second-order valence-corrected chi connectivity index (χ2v) is 13.1. The molecule has 7 N–H and O–H groups in total. The van der Waals surface area contributed by atoms with Gasteiger partial charge in [0.05, 0.1) is 5.54 Å². The molecule has 4 heterocycles. The second-order valence-electron chi connectivity index (χ2n) is 11.2. The third kappa shape index (κ3) is 7.85. The van der Waals surface area contributed by atoms with E-state index in [9.17, 15) is 27.9 Å². The molecule has 0 saturated carbocycles. The van der Waals surface area contributed by atoms with Crippen molar-refractivity contribution < 1.29 is 46.3 Å². The Balaban J connectivity index is 1.28. The number of nitrogens with two attached hydrogens (primary N) is 1. The first-order valence-electron chi connectivity index (χ1n) is 14.2. The largest absolute Gasteiger partial charge is 0.489 e. The zero-order valence-corrected chi connectivity index (χ0v) is 26.7. The van der Waals surface area contributed by atoms with Crippen LogP contribution in [0.2, 0.25) is 0 Å². The lowest BCUT2D eigenvalue weighted by Crippen LogP contribution is -2.76. The Morgan fingerprint density at radius 3 is 2.66 bits per heavy atom. The van der Waals surface area contributed by atoms with Crippen LogP contribution < -0.4 is 26.4 Å². The van der Waals surface area contributed by atoms with Crippen molar-refractivity contribution in [2.75, 3.05) is 30.7 Å². The number of carbonyl (C=O) groups is 3. The van der Waals surface area contributed by atoms with E-state index in [0.29, 0.717) is 16.9 Å². The lowest BCUT2D eigenvalue weighted by atomic mass is 9.84. The summed E-state index contributed by atoms with van der Waals surface area (Å²) in [4.78, 5) is 51.5. The number of nitrogens with one attached hydrogen (secondary N) is 3. The summed E-state index contributed by atoms with van der Waals surface area (Å²) >= 11 is 0.963. The van der Waals surface area contributed by atoms with Crippen LogP contribution in [0, 0.1) is 0 Å². The first-order valence-corrected chi connectivity index (χ1v) is 16.5. The number of hydroxylamine groups is 2. The van der Waals surface area contributed by atoms with Gasteiger partial charge in [0.25, 0.3) is 17.9 Å². The van der Waals surface area contributed by atoms with Crippen LogP contribution in [0.15, 0.2) is 41.0 Å². The Kier molecular flexibility index (Phi) is 9.77. The van der Waals surface area contributed by atoms with E-state index in [2.05, 4.69) is 35.4 Å². The maximum absolute atomic E-state index is 13.3. The van der Waals surface area contributed by atoms with Crippen LogP contribution in [-0.2, 0) is 33.9 Å². The van der Waals surface area contributed by atoms with E-state index in [0.717, 1.165) is 53.9 Å². The van der Waals surface area contributed by atoms with Gasteiger partial charge in [0.1, 0.15) is 29.9 Å². The molecule has 2 aromatic heterocycles. The molecule has 0 aliphatic carbocycles. The van der Waals surface area contributed by atoms with Crippen molar-refractivity contribution in [2.24, 2.45) is 5.16 Å². The predicted molar refractivity (Wildman–Crippen MR) is 168 cm³/mol. The topological polar surface area (TPSA) is 257 Å². The van der Waals surface area contributed by atoms with E-state index < -0.39 is 58.2 Å². The predicted octanol–water partition coefficient (Wildman–Crippen LogP) is 0.530. The normalized spacial score (nSPS) is 19.1. The van der Waals surface area contributed by atoms with E-state index in [4.69, 9.17) is 19.9 Å². The number of amides is 2. The van der Waals surface area contributed by atoms with Crippen molar-refractivity contribution in [3.05, 3.63) is 41.5 Å². The third-order valence-corrected chi connectivity index (χ3v) is 8.48. The highest BCUT2D eigenvalue weighted by atomic mass is 32.3. The maximum atomic E-state index is 13.3. The van der Waals surface area contributed by atoms with Crippen LogP contribution in [0.5, 0.6) is 5.75 Å². The van der Waals surface area contributed by atoms with Crippen LogP contribution in [0.25, 0.3) is 10.8 Å². The molecular formula is C27H32N8O10S2. The molecule has 2 aliphatic rings. The van der Waals surface area contributed by atoms with E-state index in [1.807, 2.05) is 6.07 Å². The molecule has 0 bridgehead atoms. The van der Waals surface area contributed by atoms with Crippen molar-refractivity contribution in [3.8, 4) is 5.75 Å². The van der Waals surface area contributed by atoms with Gasteiger partial charge in [-0.15, -0.1) is 15.6 Å². The van der Waals surface area contributed by atoms with Gasteiger partial charge in [0.15, 0.2) is 10.8 Å². The highest BCUT2D eigenvalue weighted by molar-refractivity contribution is 7.80. The van der Waals surface area contributed by atoms with Crippen LogP contribution in [0.4, 0.5) is 10.9 Å². The van der Waals surface area contributed by atoms with Gasteiger partial charge in [-0.05, 0) is 69.4 Å². The van der Waals surface area contributed by atoms with Gasteiger partial charge in [-0.25, -0.2) is 14.8 Å². The molecular weight excluding hydrogens is 660 g/mol. The van der Waals surface area contributed by atoms with Crippen molar-refractivity contribution >= 4 is 67.0 Å². The molecule has 1 unspecified atom stereocenters. The van der Waals surface area contributed by atoms with Gasteiger partial charge in [-0.1, -0.05) is 5.16 Å². The Bertz CT molecular complexity index is 1810. The summed E-state index contributed by atoms with van der Waals surface area (Å²) in [6.45, 7) is 4.08. The molecule has 1 aromatic carbocycles. The number of fused-ring (bicyclic) bond motifs is 1. The quantitative estimate of drug-likeness (QED) is 0.0618. The average molecular weight is 693 g/mol.